The first-order valence-corrected chi connectivity index (χ1v) is 10.3. The Kier molecular flexibility index (Phi) is 5.43. The maximum atomic E-state index is 13.1. The van der Waals surface area contributed by atoms with Crippen molar-refractivity contribution in [2.24, 2.45) is 0 Å². The van der Waals surface area contributed by atoms with Crippen molar-refractivity contribution in [3.05, 3.63) is 81.5 Å². The molecule has 1 aliphatic rings. The van der Waals surface area contributed by atoms with Gasteiger partial charge in [0.05, 0.1) is 11.2 Å². The second-order valence-electron chi connectivity index (χ2n) is 7.42. The van der Waals surface area contributed by atoms with Gasteiger partial charge in [0.2, 0.25) is 0 Å². The molecule has 0 spiro atoms. The number of carbonyl (C=O) groups excluding carboxylic acids is 1. The molecule has 0 bridgehead atoms. The van der Waals surface area contributed by atoms with Crippen LogP contribution < -0.4 is 0 Å². The lowest BCUT2D eigenvalue weighted by atomic mass is 9.84. The fraction of sp³-hybridized carbons (Fsp3) is 0.261. The number of hydrogen-bond donors (Lipinski definition) is 1. The molecule has 0 unspecified atom stereocenters. The van der Waals surface area contributed by atoms with Crippen molar-refractivity contribution in [3.63, 3.8) is 0 Å². The van der Waals surface area contributed by atoms with Crippen molar-refractivity contribution in [1.29, 1.82) is 0 Å². The predicted molar refractivity (Wildman–Crippen MR) is 114 cm³/mol. The van der Waals surface area contributed by atoms with E-state index in [9.17, 15) is 9.90 Å². The van der Waals surface area contributed by atoms with Crippen LogP contribution in [0.4, 0.5) is 0 Å². The fourth-order valence-corrected chi connectivity index (χ4v) is 4.00. The highest BCUT2D eigenvalue weighted by Crippen LogP contribution is 2.34. The van der Waals surface area contributed by atoms with Gasteiger partial charge in [-0.05, 0) is 67.8 Å². The molecule has 1 saturated heterocycles. The number of likely N-dealkylation sites (tertiary alicyclic amines) is 1. The van der Waals surface area contributed by atoms with Crippen LogP contribution in [-0.2, 0) is 5.60 Å². The van der Waals surface area contributed by atoms with Gasteiger partial charge in [0.15, 0.2) is 0 Å². The Morgan fingerprint density at radius 3 is 2.14 bits per heavy atom. The first kappa shape index (κ1) is 20.0. The zero-order valence-electron chi connectivity index (χ0n) is 16.0. The number of benzene rings is 2. The lowest BCUT2D eigenvalue weighted by molar-refractivity contribution is -0.0211. The summed E-state index contributed by atoms with van der Waals surface area (Å²) in [4.78, 5) is 14.8. The second kappa shape index (κ2) is 7.86. The third-order valence-electron chi connectivity index (χ3n) is 5.54. The van der Waals surface area contributed by atoms with E-state index < -0.39 is 5.60 Å². The van der Waals surface area contributed by atoms with E-state index in [1.54, 1.807) is 42.2 Å². The van der Waals surface area contributed by atoms with Gasteiger partial charge >= 0.3 is 0 Å². The normalized spacial score (nSPS) is 16.1. The minimum absolute atomic E-state index is 0.0791. The number of piperidine rings is 1. The van der Waals surface area contributed by atoms with Crippen LogP contribution in [0.15, 0.2) is 59.0 Å². The van der Waals surface area contributed by atoms with Crippen LogP contribution in [-0.4, -0.2) is 29.0 Å². The largest absolute Gasteiger partial charge is 0.461 e. The van der Waals surface area contributed by atoms with Crippen molar-refractivity contribution >= 4 is 29.1 Å². The van der Waals surface area contributed by atoms with E-state index in [1.807, 2.05) is 24.3 Å². The van der Waals surface area contributed by atoms with Gasteiger partial charge < -0.3 is 14.4 Å². The minimum Gasteiger partial charge on any atom is -0.461 e. The Morgan fingerprint density at radius 1 is 1.00 bits per heavy atom. The Balaban J connectivity index is 1.48. The molecule has 0 saturated carbocycles. The number of amides is 1. The van der Waals surface area contributed by atoms with Gasteiger partial charge in [-0.2, -0.15) is 0 Å². The van der Waals surface area contributed by atoms with Crippen LogP contribution in [0.2, 0.25) is 10.0 Å². The third kappa shape index (κ3) is 4.06. The molecule has 29 heavy (non-hydrogen) atoms. The molecule has 1 fully saturated rings. The topological polar surface area (TPSA) is 53.7 Å². The number of carbonyl (C=O) groups is 1. The summed E-state index contributed by atoms with van der Waals surface area (Å²) in [6, 6.07) is 16.3. The zero-order chi connectivity index (χ0) is 20.6. The molecule has 1 amide bonds. The van der Waals surface area contributed by atoms with Crippen molar-refractivity contribution < 1.29 is 14.3 Å². The summed E-state index contributed by atoms with van der Waals surface area (Å²) in [6.45, 7) is 2.73. The maximum absolute atomic E-state index is 13.1. The smallest absolute Gasteiger partial charge is 0.257 e. The van der Waals surface area contributed by atoms with Crippen molar-refractivity contribution in [3.8, 4) is 11.3 Å². The molecule has 1 aromatic heterocycles. The van der Waals surface area contributed by atoms with Gasteiger partial charge in [-0.15, -0.1) is 0 Å². The van der Waals surface area contributed by atoms with E-state index in [0.717, 1.165) is 11.1 Å². The van der Waals surface area contributed by atoms with Crippen LogP contribution in [0.25, 0.3) is 11.3 Å². The SMILES string of the molecule is Cc1oc(-c2ccc(Cl)cc2)cc1C(=O)N1CCC(O)(c2ccc(Cl)cc2)CC1. The van der Waals surface area contributed by atoms with Crippen molar-refractivity contribution in [1.82, 2.24) is 4.90 Å². The molecule has 4 nitrogen and oxygen atoms in total. The monoisotopic (exact) mass is 429 g/mol. The summed E-state index contributed by atoms with van der Waals surface area (Å²) in [5.74, 6) is 1.14. The first-order chi connectivity index (χ1) is 13.9. The van der Waals surface area contributed by atoms with Crippen LogP contribution in [0.3, 0.4) is 0 Å². The Bertz CT molecular complexity index is 1020. The molecule has 0 radical (unpaired) electrons. The zero-order valence-corrected chi connectivity index (χ0v) is 17.5. The average Bonchev–Trinajstić information content (AvgIpc) is 3.10. The average molecular weight is 430 g/mol. The molecule has 3 aromatic rings. The summed E-state index contributed by atoms with van der Waals surface area (Å²) in [5.41, 5.74) is 1.30. The summed E-state index contributed by atoms with van der Waals surface area (Å²) >= 11 is 11.9. The van der Waals surface area contributed by atoms with E-state index in [2.05, 4.69) is 0 Å². The van der Waals surface area contributed by atoms with Crippen LogP contribution >= 0.6 is 23.2 Å². The predicted octanol–water partition coefficient (Wildman–Crippen LogP) is 5.69. The van der Waals surface area contributed by atoms with E-state index in [4.69, 9.17) is 27.6 Å². The minimum atomic E-state index is -0.943. The molecule has 6 heteroatoms. The standard InChI is InChI=1S/C23H21Cl2NO3/c1-15-20(14-21(29-15)16-2-6-18(24)7-3-16)22(27)26-12-10-23(28,11-13-26)17-4-8-19(25)9-5-17/h2-9,14,28H,10-13H2,1H3. The Morgan fingerprint density at radius 2 is 1.55 bits per heavy atom. The van der Waals surface area contributed by atoms with Crippen molar-refractivity contribution in [2.75, 3.05) is 13.1 Å². The molecule has 2 heterocycles. The van der Waals surface area contributed by atoms with E-state index in [0.29, 0.717) is 53.1 Å². The molecule has 0 atom stereocenters. The second-order valence-corrected chi connectivity index (χ2v) is 8.29. The van der Waals surface area contributed by atoms with Gasteiger partial charge in [0.25, 0.3) is 5.91 Å². The maximum Gasteiger partial charge on any atom is 0.257 e. The fourth-order valence-electron chi connectivity index (χ4n) is 3.75. The lowest BCUT2D eigenvalue weighted by Gasteiger charge is -2.38. The highest BCUT2D eigenvalue weighted by molar-refractivity contribution is 6.30. The molecule has 4 rings (SSSR count). The highest BCUT2D eigenvalue weighted by atomic mass is 35.5. The van der Waals surface area contributed by atoms with Crippen LogP contribution in [0.1, 0.15) is 34.5 Å². The number of furan rings is 1. The number of hydrogen-bond acceptors (Lipinski definition) is 3. The summed E-state index contributed by atoms with van der Waals surface area (Å²) in [6.07, 6.45) is 0.947. The van der Waals surface area contributed by atoms with E-state index in [-0.39, 0.29) is 5.91 Å². The van der Waals surface area contributed by atoms with Gasteiger partial charge in [-0.25, -0.2) is 0 Å². The molecule has 1 N–H and O–H groups in total. The number of aliphatic hydroxyl groups is 1. The van der Waals surface area contributed by atoms with E-state index in [1.165, 1.54) is 0 Å². The summed E-state index contributed by atoms with van der Waals surface area (Å²) < 4.78 is 5.82. The molecule has 1 aliphatic heterocycles. The number of aryl methyl sites for hydroxylation is 1. The van der Waals surface area contributed by atoms with Gasteiger partial charge in [0.1, 0.15) is 11.5 Å². The van der Waals surface area contributed by atoms with Gasteiger partial charge in [0, 0.05) is 28.7 Å². The molecular weight excluding hydrogens is 409 g/mol. The Labute approximate surface area is 179 Å². The van der Waals surface area contributed by atoms with Gasteiger partial charge in [-0.3, -0.25) is 4.79 Å². The number of halogens is 2. The quantitative estimate of drug-likeness (QED) is 0.581. The third-order valence-corrected chi connectivity index (χ3v) is 6.04. The highest BCUT2D eigenvalue weighted by Gasteiger charge is 2.36. The van der Waals surface area contributed by atoms with Crippen molar-refractivity contribution in [2.45, 2.75) is 25.4 Å². The van der Waals surface area contributed by atoms with E-state index >= 15 is 0 Å². The Hall–Kier alpha value is -2.27. The first-order valence-electron chi connectivity index (χ1n) is 9.50. The van der Waals surface area contributed by atoms with Gasteiger partial charge in [-0.1, -0.05) is 35.3 Å². The van der Waals surface area contributed by atoms with Crippen LogP contribution in [0.5, 0.6) is 0 Å². The lowest BCUT2D eigenvalue weighted by Crippen LogP contribution is -2.45. The molecule has 0 aliphatic carbocycles. The summed E-state index contributed by atoms with van der Waals surface area (Å²) in [7, 11) is 0. The van der Waals surface area contributed by atoms with Crippen LogP contribution in [0, 0.1) is 6.92 Å². The number of rotatable bonds is 3. The molecular formula is C23H21Cl2NO3. The molecule has 150 valence electrons. The number of nitrogens with zero attached hydrogens (tertiary/aromatic N) is 1. The molecule has 2 aromatic carbocycles. The summed E-state index contributed by atoms with van der Waals surface area (Å²) in [5, 5.41) is 12.3.